The van der Waals surface area contributed by atoms with Crippen molar-refractivity contribution in [3.63, 3.8) is 0 Å². The Morgan fingerprint density at radius 1 is 1.48 bits per heavy atom. The Labute approximate surface area is 137 Å². The molecule has 0 aliphatic carbocycles. The molecular weight excluding hydrogens is 326 g/mol. The molecule has 2 aliphatic rings. The topological polar surface area (TPSA) is 93.7 Å². The molecule has 1 aromatic rings. The molecule has 1 atom stereocenters. The summed E-state index contributed by atoms with van der Waals surface area (Å²) >= 11 is 5.57. The van der Waals surface area contributed by atoms with Gasteiger partial charge in [-0.15, -0.1) is 11.6 Å². The summed E-state index contributed by atoms with van der Waals surface area (Å²) in [5, 5.41) is 10.7. The van der Waals surface area contributed by atoms with Gasteiger partial charge in [0.2, 0.25) is 5.91 Å². The molecule has 9 nitrogen and oxygen atoms in total. The van der Waals surface area contributed by atoms with Crippen LogP contribution in [-0.2, 0) is 11.3 Å². The van der Waals surface area contributed by atoms with E-state index in [4.69, 9.17) is 16.3 Å². The predicted molar refractivity (Wildman–Crippen MR) is 81.7 cm³/mol. The Morgan fingerprint density at radius 3 is 2.74 bits per heavy atom. The smallest absolute Gasteiger partial charge is 0.415 e. The molecule has 0 radical (unpaired) electrons. The van der Waals surface area contributed by atoms with Crippen molar-refractivity contribution in [2.24, 2.45) is 0 Å². The lowest BCUT2D eigenvalue weighted by molar-refractivity contribution is -0.389. The Hall–Kier alpha value is -1.87. The summed E-state index contributed by atoms with van der Waals surface area (Å²) in [6.45, 7) is 5.96. The molecule has 2 aliphatic heterocycles. The van der Waals surface area contributed by atoms with Crippen molar-refractivity contribution < 1.29 is 14.5 Å². The van der Waals surface area contributed by atoms with E-state index in [9.17, 15) is 14.9 Å². The number of aromatic nitrogens is 2. The number of ether oxygens (including phenoxy) is 1. The first-order chi connectivity index (χ1) is 10.9. The first-order valence-electron chi connectivity index (χ1n) is 7.37. The van der Waals surface area contributed by atoms with Crippen LogP contribution >= 0.6 is 11.6 Å². The van der Waals surface area contributed by atoms with Crippen molar-refractivity contribution in [2.75, 3.05) is 38.6 Å². The van der Waals surface area contributed by atoms with Crippen LogP contribution in [0.1, 0.15) is 6.92 Å². The zero-order valence-corrected chi connectivity index (χ0v) is 13.5. The minimum Gasteiger partial charge on any atom is -0.436 e. The summed E-state index contributed by atoms with van der Waals surface area (Å²) in [6.07, 6.45) is 1.40. The van der Waals surface area contributed by atoms with Gasteiger partial charge in [0.25, 0.3) is 0 Å². The third kappa shape index (κ3) is 3.25. The van der Waals surface area contributed by atoms with Gasteiger partial charge in [-0.25, -0.2) is 0 Å². The number of carbonyl (C=O) groups is 1. The highest BCUT2D eigenvalue weighted by atomic mass is 35.5. The maximum Gasteiger partial charge on any atom is 0.415 e. The van der Waals surface area contributed by atoms with Gasteiger partial charge in [0.15, 0.2) is 0 Å². The number of carbonyl (C=O) groups excluding carboxylic acids is 1. The highest BCUT2D eigenvalue weighted by Crippen LogP contribution is 2.31. The van der Waals surface area contributed by atoms with Crippen LogP contribution in [0, 0.1) is 10.1 Å². The van der Waals surface area contributed by atoms with E-state index >= 15 is 0 Å². The molecule has 10 heteroatoms. The van der Waals surface area contributed by atoms with Gasteiger partial charge in [0.05, 0.1) is 6.54 Å². The highest BCUT2D eigenvalue weighted by Gasteiger charge is 2.41. The minimum absolute atomic E-state index is 0.0146. The lowest BCUT2D eigenvalue weighted by Gasteiger charge is -2.37. The van der Waals surface area contributed by atoms with Gasteiger partial charge < -0.3 is 19.8 Å². The van der Waals surface area contributed by atoms with Gasteiger partial charge >= 0.3 is 11.8 Å². The zero-order valence-electron chi connectivity index (χ0n) is 12.8. The van der Waals surface area contributed by atoms with Crippen molar-refractivity contribution in [1.82, 2.24) is 19.4 Å². The summed E-state index contributed by atoms with van der Waals surface area (Å²) in [5.41, 5.74) is -0.476. The number of amides is 1. The van der Waals surface area contributed by atoms with Crippen LogP contribution in [0.3, 0.4) is 0 Å². The van der Waals surface area contributed by atoms with E-state index in [0.717, 1.165) is 13.1 Å². The minimum atomic E-state index is -0.529. The molecule has 0 aromatic carbocycles. The third-order valence-electron chi connectivity index (χ3n) is 4.15. The number of hydrogen-bond acceptors (Lipinski definition) is 6. The first-order valence-corrected chi connectivity index (χ1v) is 7.90. The van der Waals surface area contributed by atoms with E-state index in [2.05, 4.69) is 9.88 Å². The van der Waals surface area contributed by atoms with E-state index in [1.807, 2.05) is 6.92 Å². The molecule has 0 N–H and O–H groups in total. The molecule has 0 bridgehead atoms. The molecular formula is C13H18ClN5O4. The maximum absolute atomic E-state index is 11.6. The molecule has 1 aromatic heterocycles. The van der Waals surface area contributed by atoms with Crippen molar-refractivity contribution in [3.05, 3.63) is 16.3 Å². The fourth-order valence-corrected chi connectivity index (χ4v) is 3.25. The Kier molecular flexibility index (Phi) is 4.15. The Bertz CT molecular complexity index is 602. The molecule has 0 unspecified atom stereocenters. The molecule has 0 spiro atoms. The maximum atomic E-state index is 11.6. The average molecular weight is 344 g/mol. The van der Waals surface area contributed by atoms with Crippen LogP contribution in [0.5, 0.6) is 6.01 Å². The summed E-state index contributed by atoms with van der Waals surface area (Å²) in [4.78, 5) is 29.6. The fourth-order valence-electron chi connectivity index (χ4n) is 3.08. The van der Waals surface area contributed by atoms with Crippen molar-refractivity contribution >= 4 is 23.3 Å². The van der Waals surface area contributed by atoms with Crippen LogP contribution in [0.15, 0.2) is 6.20 Å². The number of nitro groups is 1. The van der Waals surface area contributed by atoms with E-state index in [0.29, 0.717) is 26.2 Å². The fraction of sp³-hybridized carbons (Fsp3) is 0.692. The second-order valence-electron chi connectivity index (χ2n) is 6.11. The Balaban J connectivity index is 1.56. The number of nitrogens with zero attached hydrogens (tertiary/aromatic N) is 5. The van der Waals surface area contributed by atoms with Crippen LogP contribution in [0.2, 0.25) is 0 Å². The number of fused-ring (bicyclic) bond motifs is 1. The number of halogens is 1. The van der Waals surface area contributed by atoms with Gasteiger partial charge in [0.1, 0.15) is 17.7 Å². The van der Waals surface area contributed by atoms with Crippen LogP contribution in [-0.4, -0.2) is 74.4 Å². The van der Waals surface area contributed by atoms with Crippen molar-refractivity contribution in [3.8, 4) is 6.01 Å². The van der Waals surface area contributed by atoms with Gasteiger partial charge in [-0.3, -0.25) is 14.3 Å². The Morgan fingerprint density at radius 2 is 2.17 bits per heavy atom. The van der Waals surface area contributed by atoms with E-state index in [1.54, 1.807) is 9.47 Å². The van der Waals surface area contributed by atoms with E-state index in [1.165, 1.54) is 6.20 Å². The highest BCUT2D eigenvalue weighted by molar-refractivity contribution is 6.27. The van der Waals surface area contributed by atoms with Crippen LogP contribution in [0.4, 0.5) is 5.82 Å². The van der Waals surface area contributed by atoms with E-state index in [-0.39, 0.29) is 23.6 Å². The molecule has 1 amide bonds. The van der Waals surface area contributed by atoms with Gasteiger partial charge in [-0.05, 0) is 11.8 Å². The van der Waals surface area contributed by atoms with Crippen LogP contribution < -0.4 is 4.74 Å². The third-order valence-corrected chi connectivity index (χ3v) is 4.38. The van der Waals surface area contributed by atoms with Crippen molar-refractivity contribution in [1.29, 1.82) is 0 Å². The number of alkyl halides is 1. The SMILES string of the molecule is C[C@]1(CN2CCN(C(=O)CCl)CC2)Cn2cc([N+](=O)[O-])nc2O1. The number of piperazine rings is 1. The summed E-state index contributed by atoms with van der Waals surface area (Å²) in [6, 6.07) is 0.287. The van der Waals surface area contributed by atoms with Crippen molar-refractivity contribution in [2.45, 2.75) is 19.1 Å². The normalized spacial score (nSPS) is 24.3. The largest absolute Gasteiger partial charge is 0.436 e. The predicted octanol–water partition coefficient (Wildman–Crippen LogP) is 0.325. The molecule has 0 saturated carbocycles. The number of imidazole rings is 1. The van der Waals surface area contributed by atoms with E-state index < -0.39 is 10.5 Å². The zero-order chi connectivity index (χ0) is 16.6. The van der Waals surface area contributed by atoms with Gasteiger partial charge in [0, 0.05) is 37.7 Å². The van der Waals surface area contributed by atoms with Gasteiger partial charge in [-0.2, -0.15) is 0 Å². The first kappa shape index (κ1) is 16.0. The quantitative estimate of drug-likeness (QED) is 0.444. The second-order valence-corrected chi connectivity index (χ2v) is 6.38. The molecule has 3 heterocycles. The molecule has 23 heavy (non-hydrogen) atoms. The summed E-state index contributed by atoms with van der Waals surface area (Å²) in [7, 11) is 0. The summed E-state index contributed by atoms with van der Waals surface area (Å²) < 4.78 is 7.50. The van der Waals surface area contributed by atoms with Gasteiger partial charge in [-0.1, -0.05) is 0 Å². The summed E-state index contributed by atoms with van der Waals surface area (Å²) in [5.74, 6) is -0.224. The monoisotopic (exact) mass is 343 g/mol. The molecule has 126 valence electrons. The second kappa shape index (κ2) is 5.97. The lowest BCUT2D eigenvalue weighted by atomic mass is 10.1. The lowest BCUT2D eigenvalue weighted by Crippen LogP contribution is -2.54. The molecule has 3 rings (SSSR count). The molecule has 1 fully saturated rings. The standard InChI is InChI=1S/C13H18ClN5O4/c1-13(8-16-2-4-17(5-3-16)11(20)6-14)9-18-7-10(19(21)22)15-12(18)23-13/h7H,2-6,8-9H2,1H3/t13-/m0/s1. The average Bonchev–Trinajstić information content (AvgIpc) is 3.02. The molecule has 1 saturated heterocycles. The van der Waals surface area contributed by atoms with Crippen LogP contribution in [0.25, 0.3) is 0 Å². The number of hydrogen-bond donors (Lipinski definition) is 0. The number of rotatable bonds is 4.